The predicted molar refractivity (Wildman–Crippen MR) is 80.5 cm³/mol. The van der Waals surface area contributed by atoms with Crippen molar-refractivity contribution in [3.8, 4) is 0 Å². The molecule has 0 fully saturated rings. The summed E-state index contributed by atoms with van der Waals surface area (Å²) < 4.78 is 0. The molecule has 1 aromatic carbocycles. The number of halogens is 2. The van der Waals surface area contributed by atoms with Gasteiger partial charge in [-0.2, -0.15) is 0 Å². The zero-order valence-corrected chi connectivity index (χ0v) is 12.7. The molecule has 0 aliphatic heterocycles. The molecule has 1 heterocycles. The molecular weight excluding hydrogens is 319 g/mol. The Morgan fingerprint density at radius 2 is 1.75 bits per heavy atom. The third kappa shape index (κ3) is 3.50. The Bertz CT molecular complexity index is 670. The van der Waals surface area contributed by atoms with E-state index in [4.69, 9.17) is 23.2 Å². The first-order valence-corrected chi connectivity index (χ1v) is 7.17. The number of thiophene rings is 1. The Kier molecular flexibility index (Phi) is 4.65. The normalized spacial score (nSPS) is 10.2. The molecule has 0 aliphatic rings. The van der Waals surface area contributed by atoms with Crippen molar-refractivity contribution in [2.24, 2.45) is 0 Å². The molecule has 2 N–H and O–H groups in total. The van der Waals surface area contributed by atoms with Crippen LogP contribution < -0.4 is 10.9 Å². The Labute approximate surface area is 129 Å². The van der Waals surface area contributed by atoms with E-state index in [-0.39, 0.29) is 16.5 Å². The Morgan fingerprint density at radius 1 is 1.05 bits per heavy atom. The second-order valence-electron chi connectivity index (χ2n) is 3.94. The molecule has 104 valence electrons. The summed E-state index contributed by atoms with van der Waals surface area (Å²) >= 11 is 13.0. The van der Waals surface area contributed by atoms with Gasteiger partial charge in [-0.1, -0.05) is 23.2 Å². The lowest BCUT2D eigenvalue weighted by molar-refractivity contribution is 0.0849. The van der Waals surface area contributed by atoms with Crippen LogP contribution in [0.15, 0.2) is 30.3 Å². The van der Waals surface area contributed by atoms with Crippen molar-refractivity contribution in [2.75, 3.05) is 0 Å². The Hall–Kier alpha value is -1.56. The van der Waals surface area contributed by atoms with Crippen LogP contribution in [0.5, 0.6) is 0 Å². The maximum atomic E-state index is 11.9. The molecule has 0 radical (unpaired) electrons. The molecule has 7 heteroatoms. The van der Waals surface area contributed by atoms with Crippen LogP contribution in [0.4, 0.5) is 0 Å². The molecule has 0 saturated carbocycles. The van der Waals surface area contributed by atoms with E-state index < -0.39 is 5.91 Å². The second kappa shape index (κ2) is 6.26. The molecule has 0 spiro atoms. The van der Waals surface area contributed by atoms with Crippen LogP contribution in [0, 0.1) is 6.92 Å². The van der Waals surface area contributed by atoms with Crippen molar-refractivity contribution in [1.82, 2.24) is 10.9 Å². The van der Waals surface area contributed by atoms with Crippen LogP contribution in [-0.2, 0) is 0 Å². The maximum absolute atomic E-state index is 11.9. The van der Waals surface area contributed by atoms with Crippen molar-refractivity contribution in [3.05, 3.63) is 55.7 Å². The molecule has 4 nitrogen and oxygen atoms in total. The fourth-order valence-corrected chi connectivity index (χ4v) is 2.73. The van der Waals surface area contributed by atoms with Gasteiger partial charge in [0.2, 0.25) is 0 Å². The summed E-state index contributed by atoms with van der Waals surface area (Å²) in [5.41, 5.74) is 4.88. The quantitative estimate of drug-likeness (QED) is 0.829. The van der Waals surface area contributed by atoms with Crippen LogP contribution in [0.25, 0.3) is 0 Å². The second-order valence-corrected chi connectivity index (χ2v) is 6.07. The number of aryl methyl sites for hydroxylation is 1. The fourth-order valence-electron chi connectivity index (χ4n) is 1.47. The molecule has 0 saturated heterocycles. The average Bonchev–Trinajstić information content (AvgIpc) is 2.82. The number of hydrogen-bond donors (Lipinski definition) is 2. The van der Waals surface area contributed by atoms with E-state index in [1.807, 2.05) is 13.0 Å². The number of carbonyl (C=O) groups excluding carboxylic acids is 2. The minimum atomic E-state index is -0.506. The van der Waals surface area contributed by atoms with E-state index in [1.54, 1.807) is 12.1 Å². The highest BCUT2D eigenvalue weighted by molar-refractivity contribution is 7.13. The lowest BCUT2D eigenvalue weighted by atomic mass is 10.2. The van der Waals surface area contributed by atoms with Crippen molar-refractivity contribution < 1.29 is 9.59 Å². The number of carbonyl (C=O) groups is 2. The average molecular weight is 329 g/mol. The molecule has 0 aliphatic carbocycles. The predicted octanol–water partition coefficient (Wildman–Crippen LogP) is 3.44. The highest BCUT2D eigenvalue weighted by Gasteiger charge is 2.13. The molecule has 0 bridgehead atoms. The maximum Gasteiger partial charge on any atom is 0.279 e. The number of hydrogen-bond acceptors (Lipinski definition) is 3. The van der Waals surface area contributed by atoms with Gasteiger partial charge in [-0.3, -0.25) is 20.4 Å². The fraction of sp³-hybridized carbons (Fsp3) is 0.0769. The van der Waals surface area contributed by atoms with Crippen LogP contribution in [-0.4, -0.2) is 11.8 Å². The molecular formula is C13H10Cl2N2O2S. The van der Waals surface area contributed by atoms with Crippen molar-refractivity contribution >= 4 is 46.4 Å². The highest BCUT2D eigenvalue weighted by Crippen LogP contribution is 2.20. The standard InChI is InChI=1S/C13H10Cl2N2O2S/c1-7-2-5-11(20-7)13(19)17-16-12(18)9-4-3-8(14)6-10(9)15/h2-6H,1H3,(H,16,18)(H,17,19). The topological polar surface area (TPSA) is 58.2 Å². The van der Waals surface area contributed by atoms with E-state index >= 15 is 0 Å². The summed E-state index contributed by atoms with van der Waals surface area (Å²) in [7, 11) is 0. The number of rotatable bonds is 2. The first-order valence-electron chi connectivity index (χ1n) is 5.59. The van der Waals surface area contributed by atoms with Gasteiger partial charge in [0.1, 0.15) is 0 Å². The summed E-state index contributed by atoms with van der Waals surface area (Å²) in [6.07, 6.45) is 0. The van der Waals surface area contributed by atoms with Gasteiger partial charge >= 0.3 is 0 Å². The van der Waals surface area contributed by atoms with Crippen molar-refractivity contribution in [2.45, 2.75) is 6.92 Å². The monoisotopic (exact) mass is 328 g/mol. The summed E-state index contributed by atoms with van der Waals surface area (Å²) in [5.74, 6) is -0.880. The Balaban J connectivity index is 2.00. The molecule has 1 aromatic heterocycles. The molecule has 2 aromatic rings. The molecule has 0 atom stereocenters. The van der Waals surface area contributed by atoms with Gasteiger partial charge in [-0.05, 0) is 37.3 Å². The van der Waals surface area contributed by atoms with Crippen LogP contribution >= 0.6 is 34.5 Å². The molecule has 2 amide bonds. The molecule has 2 rings (SSSR count). The van der Waals surface area contributed by atoms with E-state index in [9.17, 15) is 9.59 Å². The van der Waals surface area contributed by atoms with Gasteiger partial charge < -0.3 is 0 Å². The first kappa shape index (κ1) is 14.8. The SMILES string of the molecule is Cc1ccc(C(=O)NNC(=O)c2ccc(Cl)cc2Cl)s1. The van der Waals surface area contributed by atoms with Crippen molar-refractivity contribution in [3.63, 3.8) is 0 Å². The van der Waals surface area contributed by atoms with Crippen LogP contribution in [0.2, 0.25) is 10.0 Å². The van der Waals surface area contributed by atoms with E-state index in [2.05, 4.69) is 10.9 Å². The smallest absolute Gasteiger partial charge is 0.267 e. The summed E-state index contributed by atoms with van der Waals surface area (Å²) in [6.45, 7) is 1.90. The third-order valence-electron chi connectivity index (χ3n) is 2.43. The lowest BCUT2D eigenvalue weighted by Gasteiger charge is -2.07. The molecule has 20 heavy (non-hydrogen) atoms. The van der Waals surface area contributed by atoms with Gasteiger partial charge in [0, 0.05) is 9.90 Å². The number of hydrazine groups is 1. The minimum Gasteiger partial charge on any atom is -0.267 e. The zero-order valence-electron chi connectivity index (χ0n) is 10.4. The highest BCUT2D eigenvalue weighted by atomic mass is 35.5. The van der Waals surface area contributed by atoms with Gasteiger partial charge in [0.25, 0.3) is 11.8 Å². The van der Waals surface area contributed by atoms with E-state index in [0.717, 1.165) is 4.88 Å². The number of benzene rings is 1. The van der Waals surface area contributed by atoms with E-state index in [0.29, 0.717) is 9.90 Å². The van der Waals surface area contributed by atoms with Gasteiger partial charge in [0.15, 0.2) is 0 Å². The lowest BCUT2D eigenvalue weighted by Crippen LogP contribution is -2.41. The van der Waals surface area contributed by atoms with Crippen LogP contribution in [0.3, 0.4) is 0 Å². The van der Waals surface area contributed by atoms with Gasteiger partial charge in [-0.15, -0.1) is 11.3 Å². The third-order valence-corrected chi connectivity index (χ3v) is 3.98. The van der Waals surface area contributed by atoms with Gasteiger partial charge in [-0.25, -0.2) is 0 Å². The largest absolute Gasteiger partial charge is 0.279 e. The minimum absolute atomic E-state index is 0.219. The summed E-state index contributed by atoms with van der Waals surface area (Å²) in [4.78, 5) is 25.2. The van der Waals surface area contributed by atoms with Crippen LogP contribution in [0.1, 0.15) is 24.9 Å². The summed E-state index contributed by atoms with van der Waals surface area (Å²) in [5, 5.41) is 0.654. The van der Waals surface area contributed by atoms with Crippen molar-refractivity contribution in [1.29, 1.82) is 0 Å². The number of nitrogens with one attached hydrogen (secondary N) is 2. The Morgan fingerprint density at radius 3 is 2.35 bits per heavy atom. The van der Waals surface area contributed by atoms with Gasteiger partial charge in [0.05, 0.1) is 15.5 Å². The first-order chi connectivity index (χ1) is 9.47. The zero-order chi connectivity index (χ0) is 14.7. The molecule has 0 unspecified atom stereocenters. The number of amides is 2. The van der Waals surface area contributed by atoms with E-state index in [1.165, 1.54) is 23.5 Å². The summed E-state index contributed by atoms with van der Waals surface area (Å²) in [6, 6.07) is 8.02.